The van der Waals surface area contributed by atoms with Crippen LogP contribution in [0, 0.1) is 6.92 Å². The summed E-state index contributed by atoms with van der Waals surface area (Å²) in [4.78, 5) is 19.1. The fourth-order valence-electron chi connectivity index (χ4n) is 3.02. The minimum absolute atomic E-state index is 0. The van der Waals surface area contributed by atoms with Crippen LogP contribution in [0.3, 0.4) is 0 Å². The number of nitrogens with two attached hydrogens (primary N) is 1. The van der Waals surface area contributed by atoms with Crippen LogP contribution >= 0.6 is 12.4 Å². The molecule has 2 aromatic heterocycles. The maximum Gasteiger partial charge on any atom is 0.259 e. The average molecular weight is 339 g/mol. The Morgan fingerprint density at radius 3 is 2.87 bits per heavy atom. The van der Waals surface area contributed by atoms with Gasteiger partial charge in [-0.1, -0.05) is 19.0 Å². The fraction of sp³-hybridized carbons (Fsp3) is 0.562. The highest BCUT2D eigenvalue weighted by atomic mass is 35.5. The predicted molar refractivity (Wildman–Crippen MR) is 91.0 cm³/mol. The van der Waals surface area contributed by atoms with Gasteiger partial charge in [0.05, 0.1) is 16.6 Å². The summed E-state index contributed by atoms with van der Waals surface area (Å²) in [5.41, 5.74) is 8.61. The molecule has 1 saturated heterocycles. The summed E-state index contributed by atoms with van der Waals surface area (Å²) in [6.07, 6.45) is 1.92. The van der Waals surface area contributed by atoms with Gasteiger partial charge in [0.2, 0.25) is 0 Å². The highest BCUT2D eigenvalue weighted by Gasteiger charge is 2.27. The molecule has 6 nitrogen and oxygen atoms in total. The first-order chi connectivity index (χ1) is 10.5. The van der Waals surface area contributed by atoms with Crippen LogP contribution in [-0.2, 0) is 0 Å². The van der Waals surface area contributed by atoms with E-state index in [1.54, 1.807) is 0 Å². The zero-order valence-electron chi connectivity index (χ0n) is 13.7. The van der Waals surface area contributed by atoms with Crippen molar-refractivity contribution >= 4 is 29.4 Å². The maximum atomic E-state index is 13.0. The number of carbonyl (C=O) groups excluding carboxylic acids is 1. The first kappa shape index (κ1) is 17.7. The highest BCUT2D eigenvalue weighted by molar-refractivity contribution is 6.06. The van der Waals surface area contributed by atoms with E-state index in [1.165, 1.54) is 0 Å². The number of likely N-dealkylation sites (tertiary alicyclic amines) is 1. The Labute approximate surface area is 141 Å². The first-order valence-electron chi connectivity index (χ1n) is 7.79. The molecule has 0 bridgehead atoms. The van der Waals surface area contributed by atoms with E-state index in [-0.39, 0.29) is 30.3 Å². The van der Waals surface area contributed by atoms with Gasteiger partial charge >= 0.3 is 0 Å². The number of carbonyl (C=O) groups is 1. The number of nitrogens with zero attached hydrogens (tertiary/aromatic N) is 3. The molecule has 3 heterocycles. The van der Waals surface area contributed by atoms with Crippen molar-refractivity contribution in [3.05, 3.63) is 23.0 Å². The summed E-state index contributed by atoms with van der Waals surface area (Å²) in [5.74, 6) is 0.164. The Bertz CT molecular complexity index is 713. The van der Waals surface area contributed by atoms with Gasteiger partial charge < -0.3 is 15.2 Å². The number of rotatable bonds is 2. The molecule has 3 rings (SSSR count). The van der Waals surface area contributed by atoms with Crippen LogP contribution in [0.2, 0.25) is 0 Å². The largest absolute Gasteiger partial charge is 0.337 e. The summed E-state index contributed by atoms with van der Waals surface area (Å²) >= 11 is 0. The third kappa shape index (κ3) is 3.33. The quantitative estimate of drug-likeness (QED) is 0.909. The maximum absolute atomic E-state index is 13.0. The molecule has 23 heavy (non-hydrogen) atoms. The van der Waals surface area contributed by atoms with Gasteiger partial charge in [0.1, 0.15) is 0 Å². The van der Waals surface area contributed by atoms with Crippen LogP contribution in [-0.4, -0.2) is 40.1 Å². The number of fused-ring (bicyclic) bond motifs is 1. The lowest BCUT2D eigenvalue weighted by molar-refractivity contribution is 0.0710. The number of aromatic nitrogens is 2. The summed E-state index contributed by atoms with van der Waals surface area (Å²) in [6, 6.07) is 1.89. The van der Waals surface area contributed by atoms with Gasteiger partial charge in [-0.15, -0.1) is 12.4 Å². The normalized spacial score (nSPS) is 18.3. The minimum Gasteiger partial charge on any atom is -0.337 e. The van der Waals surface area contributed by atoms with Crippen molar-refractivity contribution in [2.45, 2.75) is 45.6 Å². The molecule has 0 radical (unpaired) electrons. The molecular weight excluding hydrogens is 316 g/mol. The zero-order valence-corrected chi connectivity index (χ0v) is 14.5. The molecule has 7 heteroatoms. The van der Waals surface area contributed by atoms with E-state index >= 15 is 0 Å². The topological polar surface area (TPSA) is 85.2 Å². The van der Waals surface area contributed by atoms with Crippen molar-refractivity contribution in [2.75, 3.05) is 13.1 Å². The lowest BCUT2D eigenvalue weighted by Crippen LogP contribution is -2.45. The molecule has 1 atom stereocenters. The molecule has 1 amide bonds. The Morgan fingerprint density at radius 1 is 1.48 bits per heavy atom. The van der Waals surface area contributed by atoms with E-state index in [0.29, 0.717) is 17.8 Å². The average Bonchev–Trinajstić information content (AvgIpc) is 2.89. The third-order valence-electron chi connectivity index (χ3n) is 4.12. The van der Waals surface area contributed by atoms with Gasteiger partial charge in [0.25, 0.3) is 11.6 Å². The van der Waals surface area contributed by atoms with E-state index < -0.39 is 0 Å². The molecule has 0 aromatic carbocycles. The van der Waals surface area contributed by atoms with Crippen LogP contribution in [0.15, 0.2) is 10.6 Å². The van der Waals surface area contributed by atoms with Crippen molar-refractivity contribution in [1.29, 1.82) is 0 Å². The van der Waals surface area contributed by atoms with Gasteiger partial charge in [-0.2, -0.15) is 0 Å². The first-order valence-corrected chi connectivity index (χ1v) is 7.79. The summed E-state index contributed by atoms with van der Waals surface area (Å²) < 4.78 is 5.33. The molecule has 2 N–H and O–H groups in total. The third-order valence-corrected chi connectivity index (χ3v) is 4.12. The van der Waals surface area contributed by atoms with E-state index in [0.717, 1.165) is 36.2 Å². The van der Waals surface area contributed by atoms with Crippen molar-refractivity contribution in [3.63, 3.8) is 0 Å². The van der Waals surface area contributed by atoms with Crippen molar-refractivity contribution in [3.8, 4) is 0 Å². The Morgan fingerprint density at radius 2 is 2.22 bits per heavy atom. The van der Waals surface area contributed by atoms with Gasteiger partial charge in [-0.3, -0.25) is 4.79 Å². The van der Waals surface area contributed by atoms with E-state index in [9.17, 15) is 4.79 Å². The summed E-state index contributed by atoms with van der Waals surface area (Å²) in [7, 11) is 0. The second-order valence-electron chi connectivity index (χ2n) is 6.37. The molecule has 1 aliphatic heterocycles. The lowest BCUT2D eigenvalue weighted by Gasteiger charge is -2.31. The monoisotopic (exact) mass is 338 g/mol. The van der Waals surface area contributed by atoms with E-state index in [4.69, 9.17) is 10.3 Å². The molecule has 0 spiro atoms. The summed E-state index contributed by atoms with van der Waals surface area (Å²) in [6.45, 7) is 7.27. The fourth-order valence-corrected chi connectivity index (χ4v) is 3.02. The molecule has 1 aliphatic rings. The number of hydrogen-bond donors (Lipinski definition) is 1. The van der Waals surface area contributed by atoms with Crippen molar-refractivity contribution in [2.24, 2.45) is 5.73 Å². The Hall–Kier alpha value is -1.66. The van der Waals surface area contributed by atoms with Crippen LogP contribution in [0.5, 0.6) is 0 Å². The Balaban J connectivity index is 0.00000192. The molecule has 0 aliphatic carbocycles. The van der Waals surface area contributed by atoms with Crippen molar-refractivity contribution in [1.82, 2.24) is 15.0 Å². The number of aryl methyl sites for hydroxylation is 1. The highest BCUT2D eigenvalue weighted by Crippen LogP contribution is 2.28. The van der Waals surface area contributed by atoms with E-state index in [1.807, 2.05) is 31.7 Å². The van der Waals surface area contributed by atoms with Crippen LogP contribution in [0.4, 0.5) is 0 Å². The zero-order chi connectivity index (χ0) is 15.9. The van der Waals surface area contributed by atoms with Crippen LogP contribution in [0.1, 0.15) is 54.4 Å². The molecule has 2 aromatic rings. The van der Waals surface area contributed by atoms with Crippen LogP contribution in [0.25, 0.3) is 11.1 Å². The van der Waals surface area contributed by atoms with Crippen molar-refractivity contribution < 1.29 is 9.32 Å². The standard InChI is InChI=1S/C16H22N4O2.ClH/c1-9(2)14-13-12(7-10(3)18-15(13)22-19-14)16(21)20-6-4-5-11(17)8-20;/h7,9,11H,4-6,8,17H2,1-3H3;1H. The second-order valence-corrected chi connectivity index (χ2v) is 6.37. The Kier molecular flexibility index (Phi) is 5.26. The number of pyridine rings is 1. The second kappa shape index (κ2) is 6.84. The van der Waals surface area contributed by atoms with Crippen LogP contribution < -0.4 is 5.73 Å². The van der Waals surface area contributed by atoms with E-state index in [2.05, 4.69) is 10.1 Å². The lowest BCUT2D eigenvalue weighted by atomic mass is 10.0. The van der Waals surface area contributed by atoms with Gasteiger partial charge in [0, 0.05) is 24.8 Å². The van der Waals surface area contributed by atoms with Gasteiger partial charge in [-0.25, -0.2) is 4.98 Å². The molecule has 0 saturated carbocycles. The van der Waals surface area contributed by atoms with Gasteiger partial charge in [-0.05, 0) is 31.7 Å². The number of amides is 1. The molecular formula is C16H23ClN4O2. The smallest absolute Gasteiger partial charge is 0.259 e. The number of hydrogen-bond acceptors (Lipinski definition) is 5. The molecule has 1 fully saturated rings. The number of piperidine rings is 1. The number of halogens is 1. The predicted octanol–water partition coefficient (Wildman–Crippen LogP) is 2.64. The summed E-state index contributed by atoms with van der Waals surface area (Å²) in [5, 5.41) is 4.85. The van der Waals surface area contributed by atoms with Gasteiger partial charge in [0.15, 0.2) is 0 Å². The minimum atomic E-state index is -0.00394. The molecule has 1 unspecified atom stereocenters. The molecule has 126 valence electrons. The SMILES string of the molecule is Cc1cc(C(=O)N2CCCC(N)C2)c2c(C(C)C)noc2n1.Cl.